The summed E-state index contributed by atoms with van der Waals surface area (Å²) in [5.74, 6) is 0.912. The van der Waals surface area contributed by atoms with E-state index >= 15 is 0 Å². The van der Waals surface area contributed by atoms with Crippen molar-refractivity contribution < 1.29 is 4.74 Å². The number of fused-ring (bicyclic) bond motifs is 1. The van der Waals surface area contributed by atoms with Crippen molar-refractivity contribution in [1.82, 2.24) is 20.2 Å². The molecule has 1 aliphatic rings. The van der Waals surface area contributed by atoms with E-state index in [1.807, 2.05) is 24.3 Å². The van der Waals surface area contributed by atoms with Crippen molar-refractivity contribution in [3.8, 4) is 5.75 Å². The number of aromatic amines is 1. The Labute approximate surface area is 97.0 Å². The van der Waals surface area contributed by atoms with E-state index in [1.165, 1.54) is 0 Å². The number of nitrogens with zero attached hydrogens (tertiary/aromatic N) is 3. The third-order valence-electron chi connectivity index (χ3n) is 2.73. The largest absolute Gasteiger partial charge is 0.493 e. The molecule has 1 aromatic carbocycles. The minimum Gasteiger partial charge on any atom is -0.493 e. The first kappa shape index (κ1) is 9.53. The Kier molecular flexibility index (Phi) is 2.21. The van der Waals surface area contributed by atoms with Crippen LogP contribution in [0.25, 0.3) is 0 Å². The van der Waals surface area contributed by atoms with Crippen LogP contribution in [-0.4, -0.2) is 26.8 Å². The van der Waals surface area contributed by atoms with E-state index in [2.05, 4.69) is 15.5 Å². The third kappa shape index (κ3) is 1.42. The van der Waals surface area contributed by atoms with Crippen molar-refractivity contribution in [2.45, 2.75) is 12.5 Å². The number of tetrazole rings is 1. The van der Waals surface area contributed by atoms with Gasteiger partial charge < -0.3 is 4.74 Å². The summed E-state index contributed by atoms with van der Waals surface area (Å²) in [5, 5.41) is 10.3. The second-order valence-corrected chi connectivity index (χ2v) is 4.01. The van der Waals surface area contributed by atoms with Gasteiger partial charge in [-0.2, -0.15) is 5.21 Å². The molecule has 1 N–H and O–H groups in total. The molecule has 82 valence electrons. The minimum absolute atomic E-state index is 0.146. The van der Waals surface area contributed by atoms with Crippen LogP contribution < -0.4 is 4.74 Å². The predicted molar refractivity (Wildman–Crippen MR) is 59.9 cm³/mol. The van der Waals surface area contributed by atoms with Crippen molar-refractivity contribution in [3.63, 3.8) is 0 Å². The van der Waals surface area contributed by atoms with E-state index in [1.54, 1.807) is 4.68 Å². The van der Waals surface area contributed by atoms with E-state index in [9.17, 15) is 0 Å². The maximum absolute atomic E-state index is 5.59. The highest BCUT2D eigenvalue weighted by atomic mass is 32.1. The SMILES string of the molecule is S=c1nn[nH]n1C1CCOc2ccccc21. The number of benzene rings is 1. The molecule has 1 unspecified atom stereocenters. The zero-order valence-corrected chi connectivity index (χ0v) is 9.28. The first-order chi connectivity index (χ1) is 7.86. The van der Waals surface area contributed by atoms with Gasteiger partial charge in [0.25, 0.3) is 0 Å². The molecule has 0 aliphatic carbocycles. The Balaban J connectivity index is 2.12. The average molecular weight is 234 g/mol. The lowest BCUT2D eigenvalue weighted by Gasteiger charge is -2.25. The van der Waals surface area contributed by atoms with Gasteiger partial charge in [0.1, 0.15) is 5.75 Å². The second-order valence-electron chi connectivity index (χ2n) is 3.64. The summed E-state index contributed by atoms with van der Waals surface area (Å²) in [5.41, 5.74) is 1.12. The van der Waals surface area contributed by atoms with Gasteiger partial charge in [0.2, 0.25) is 4.77 Å². The van der Waals surface area contributed by atoms with Crippen molar-refractivity contribution in [3.05, 3.63) is 34.6 Å². The van der Waals surface area contributed by atoms with Gasteiger partial charge in [-0.3, -0.25) is 0 Å². The zero-order chi connectivity index (χ0) is 11.0. The molecule has 1 aliphatic heterocycles. The van der Waals surface area contributed by atoms with Crippen LogP contribution in [0.5, 0.6) is 5.75 Å². The van der Waals surface area contributed by atoms with Gasteiger partial charge in [-0.05, 0) is 18.3 Å². The molecule has 0 bridgehead atoms. The molecule has 2 aromatic rings. The van der Waals surface area contributed by atoms with Crippen LogP contribution in [0.2, 0.25) is 0 Å². The quantitative estimate of drug-likeness (QED) is 0.763. The molecular weight excluding hydrogens is 224 g/mol. The first-order valence-corrected chi connectivity index (χ1v) is 5.48. The standard InChI is InChI=1S/C10H10N4OS/c16-10-11-12-13-14(10)8-5-6-15-9-4-2-1-3-7(8)9/h1-4,8H,5-6H2,(H,11,13,16). The highest BCUT2D eigenvalue weighted by molar-refractivity contribution is 7.71. The molecule has 0 amide bonds. The van der Waals surface area contributed by atoms with Gasteiger partial charge in [-0.25, -0.2) is 4.68 Å². The fourth-order valence-electron chi connectivity index (χ4n) is 2.00. The van der Waals surface area contributed by atoms with Gasteiger partial charge in [0, 0.05) is 12.0 Å². The lowest BCUT2D eigenvalue weighted by atomic mass is 10.0. The number of hydrogen-bond acceptors (Lipinski definition) is 4. The Morgan fingerprint density at radius 2 is 2.31 bits per heavy atom. The summed E-state index contributed by atoms with van der Waals surface area (Å²) in [4.78, 5) is 0. The van der Waals surface area contributed by atoms with Gasteiger partial charge in [-0.1, -0.05) is 28.5 Å². The Morgan fingerprint density at radius 3 is 3.12 bits per heavy atom. The van der Waals surface area contributed by atoms with E-state index in [-0.39, 0.29) is 6.04 Å². The average Bonchev–Trinajstić information content (AvgIpc) is 2.75. The molecule has 0 saturated carbocycles. The van der Waals surface area contributed by atoms with Crippen molar-refractivity contribution in [2.24, 2.45) is 0 Å². The topological polar surface area (TPSA) is 55.7 Å². The lowest BCUT2D eigenvalue weighted by Crippen LogP contribution is -2.21. The van der Waals surface area contributed by atoms with Crippen LogP contribution in [0.1, 0.15) is 18.0 Å². The number of ether oxygens (including phenoxy) is 1. The van der Waals surface area contributed by atoms with Gasteiger partial charge >= 0.3 is 0 Å². The summed E-state index contributed by atoms with van der Waals surface area (Å²) in [6.45, 7) is 0.683. The Morgan fingerprint density at radius 1 is 1.44 bits per heavy atom. The van der Waals surface area contributed by atoms with Gasteiger partial charge in [-0.15, -0.1) is 0 Å². The summed E-state index contributed by atoms with van der Waals surface area (Å²) < 4.78 is 7.87. The molecule has 6 heteroatoms. The summed E-state index contributed by atoms with van der Waals surface area (Å²) in [6.07, 6.45) is 0.870. The predicted octanol–water partition coefficient (Wildman–Crippen LogP) is 1.71. The summed E-state index contributed by atoms with van der Waals surface area (Å²) in [6, 6.07) is 8.11. The second kappa shape index (κ2) is 3.71. The van der Waals surface area contributed by atoms with Crippen molar-refractivity contribution >= 4 is 12.2 Å². The van der Waals surface area contributed by atoms with E-state index < -0.39 is 0 Å². The van der Waals surface area contributed by atoms with Gasteiger partial charge in [0.15, 0.2) is 0 Å². The highest BCUT2D eigenvalue weighted by Crippen LogP contribution is 2.33. The molecule has 16 heavy (non-hydrogen) atoms. The molecule has 1 atom stereocenters. The third-order valence-corrected chi connectivity index (χ3v) is 3.01. The summed E-state index contributed by atoms with van der Waals surface area (Å²) in [7, 11) is 0. The smallest absolute Gasteiger partial charge is 0.238 e. The van der Waals surface area contributed by atoms with Gasteiger partial charge in [0.05, 0.1) is 12.6 Å². The molecule has 0 radical (unpaired) electrons. The van der Waals surface area contributed by atoms with Crippen LogP contribution in [0.15, 0.2) is 24.3 Å². The Bertz CT molecular complexity index is 562. The van der Waals surface area contributed by atoms with E-state index in [0.717, 1.165) is 17.7 Å². The number of aromatic nitrogens is 4. The normalized spacial score (nSPS) is 18.9. The molecule has 0 fully saturated rings. The molecule has 0 spiro atoms. The first-order valence-electron chi connectivity index (χ1n) is 5.07. The van der Waals surface area contributed by atoms with Crippen LogP contribution in [0.4, 0.5) is 0 Å². The number of hydrogen-bond donors (Lipinski definition) is 1. The molecular formula is C10H10N4OS. The number of nitrogens with one attached hydrogen (secondary N) is 1. The monoisotopic (exact) mass is 234 g/mol. The van der Waals surface area contributed by atoms with Crippen LogP contribution >= 0.6 is 12.2 Å². The maximum Gasteiger partial charge on any atom is 0.238 e. The molecule has 3 rings (SSSR count). The number of H-pyrrole nitrogens is 1. The maximum atomic E-state index is 5.59. The fourth-order valence-corrected chi connectivity index (χ4v) is 2.21. The number of para-hydroxylation sites is 1. The van der Waals surface area contributed by atoms with Crippen LogP contribution in [0, 0.1) is 4.77 Å². The Hall–Kier alpha value is -1.69. The van der Waals surface area contributed by atoms with E-state index in [4.69, 9.17) is 17.0 Å². The molecule has 2 heterocycles. The zero-order valence-electron chi connectivity index (χ0n) is 8.46. The lowest BCUT2D eigenvalue weighted by molar-refractivity contribution is 0.248. The molecule has 1 aromatic heterocycles. The van der Waals surface area contributed by atoms with Crippen LogP contribution in [-0.2, 0) is 0 Å². The van der Waals surface area contributed by atoms with Crippen LogP contribution in [0.3, 0.4) is 0 Å². The summed E-state index contributed by atoms with van der Waals surface area (Å²) >= 11 is 5.11. The highest BCUT2D eigenvalue weighted by Gasteiger charge is 2.23. The minimum atomic E-state index is 0.146. The van der Waals surface area contributed by atoms with E-state index in [0.29, 0.717) is 11.4 Å². The van der Waals surface area contributed by atoms with Crippen molar-refractivity contribution in [1.29, 1.82) is 0 Å². The molecule has 0 saturated heterocycles. The fraction of sp³-hybridized carbons (Fsp3) is 0.300. The number of rotatable bonds is 1. The van der Waals surface area contributed by atoms with Crippen molar-refractivity contribution in [2.75, 3.05) is 6.61 Å². The molecule has 5 nitrogen and oxygen atoms in total.